The molecule has 146 valence electrons. The summed E-state index contributed by atoms with van der Waals surface area (Å²) in [5.41, 5.74) is 3.29. The summed E-state index contributed by atoms with van der Waals surface area (Å²) in [6.45, 7) is 2.06. The second-order valence-electron chi connectivity index (χ2n) is 6.30. The fraction of sp³-hybridized carbons (Fsp3) is 0.273. The Bertz CT molecular complexity index is 946. The van der Waals surface area contributed by atoms with E-state index < -0.39 is 5.97 Å². The van der Waals surface area contributed by atoms with Gasteiger partial charge in [-0.25, -0.2) is 9.79 Å². The molecule has 0 unspecified atom stereocenters. The number of benzene rings is 2. The van der Waals surface area contributed by atoms with Crippen molar-refractivity contribution in [3.63, 3.8) is 0 Å². The van der Waals surface area contributed by atoms with Crippen LogP contribution in [0.2, 0.25) is 0 Å². The number of carbonyl (C=O) groups excluding carboxylic acids is 1. The molecule has 0 atom stereocenters. The predicted octanol–water partition coefficient (Wildman–Crippen LogP) is 3.95. The SMILES string of the molecule is COc1cc(OC)c(OC)cc1/C=C1\N=C(CCc2ccccc2C)OC1=O. The summed E-state index contributed by atoms with van der Waals surface area (Å²) in [6, 6.07) is 11.6. The lowest BCUT2D eigenvalue weighted by molar-refractivity contribution is -0.130. The average molecular weight is 381 g/mol. The molecule has 0 saturated carbocycles. The molecule has 1 aliphatic heterocycles. The van der Waals surface area contributed by atoms with Crippen molar-refractivity contribution in [3.05, 3.63) is 58.8 Å². The van der Waals surface area contributed by atoms with Gasteiger partial charge in [0, 0.05) is 18.1 Å². The molecule has 3 rings (SSSR count). The van der Waals surface area contributed by atoms with E-state index in [1.807, 2.05) is 12.1 Å². The Hall–Kier alpha value is -3.28. The van der Waals surface area contributed by atoms with E-state index in [1.54, 1.807) is 39.5 Å². The van der Waals surface area contributed by atoms with Crippen molar-refractivity contribution in [1.29, 1.82) is 0 Å². The third-order valence-electron chi connectivity index (χ3n) is 4.56. The molecule has 1 aliphatic rings. The molecule has 6 nitrogen and oxygen atoms in total. The van der Waals surface area contributed by atoms with Gasteiger partial charge in [-0.3, -0.25) is 0 Å². The molecule has 6 heteroatoms. The zero-order valence-corrected chi connectivity index (χ0v) is 16.4. The first-order valence-corrected chi connectivity index (χ1v) is 8.91. The number of aryl methyl sites for hydroxylation is 2. The maximum atomic E-state index is 12.2. The summed E-state index contributed by atoms with van der Waals surface area (Å²) in [4.78, 5) is 16.6. The topological polar surface area (TPSA) is 66.3 Å². The molecule has 0 radical (unpaired) electrons. The van der Waals surface area contributed by atoms with E-state index in [9.17, 15) is 4.79 Å². The van der Waals surface area contributed by atoms with Crippen molar-refractivity contribution in [2.75, 3.05) is 21.3 Å². The minimum Gasteiger partial charge on any atom is -0.496 e. The van der Waals surface area contributed by atoms with Gasteiger partial charge < -0.3 is 18.9 Å². The van der Waals surface area contributed by atoms with Gasteiger partial charge in [0.05, 0.1) is 21.3 Å². The Morgan fingerprint density at radius 3 is 2.32 bits per heavy atom. The molecular weight excluding hydrogens is 358 g/mol. The molecule has 0 fully saturated rings. The van der Waals surface area contributed by atoms with Crippen molar-refractivity contribution in [3.8, 4) is 17.2 Å². The fourth-order valence-electron chi connectivity index (χ4n) is 3.01. The number of aliphatic imine (C=N–C) groups is 1. The quantitative estimate of drug-likeness (QED) is 0.537. The van der Waals surface area contributed by atoms with Crippen LogP contribution in [0.25, 0.3) is 6.08 Å². The molecule has 0 spiro atoms. The Morgan fingerprint density at radius 1 is 0.964 bits per heavy atom. The van der Waals surface area contributed by atoms with Crippen molar-refractivity contribution >= 4 is 17.9 Å². The highest BCUT2D eigenvalue weighted by Crippen LogP contribution is 2.36. The van der Waals surface area contributed by atoms with Gasteiger partial charge >= 0.3 is 5.97 Å². The van der Waals surface area contributed by atoms with Crippen LogP contribution in [0, 0.1) is 6.92 Å². The first kappa shape index (κ1) is 19.5. The molecule has 2 aromatic carbocycles. The molecule has 0 aromatic heterocycles. The lowest BCUT2D eigenvalue weighted by atomic mass is 10.0. The number of esters is 1. The van der Waals surface area contributed by atoms with Crippen molar-refractivity contribution in [2.45, 2.75) is 19.8 Å². The van der Waals surface area contributed by atoms with Crippen LogP contribution in [0.1, 0.15) is 23.1 Å². The minimum atomic E-state index is -0.475. The van der Waals surface area contributed by atoms with Crippen LogP contribution < -0.4 is 14.2 Å². The number of rotatable bonds is 7. The Morgan fingerprint density at radius 2 is 1.64 bits per heavy atom. The van der Waals surface area contributed by atoms with Gasteiger partial charge in [0.15, 0.2) is 23.1 Å². The number of nitrogens with zero attached hydrogens (tertiary/aromatic N) is 1. The summed E-state index contributed by atoms with van der Waals surface area (Å²) in [5.74, 6) is 1.56. The Labute approximate surface area is 164 Å². The molecule has 0 amide bonds. The molecule has 0 aliphatic carbocycles. The zero-order valence-electron chi connectivity index (χ0n) is 16.4. The monoisotopic (exact) mass is 381 g/mol. The lowest BCUT2D eigenvalue weighted by Crippen LogP contribution is -2.05. The first-order valence-electron chi connectivity index (χ1n) is 8.91. The van der Waals surface area contributed by atoms with Gasteiger partial charge in [0.1, 0.15) is 5.75 Å². The highest BCUT2D eigenvalue weighted by Gasteiger charge is 2.23. The average Bonchev–Trinajstić information content (AvgIpc) is 3.06. The van der Waals surface area contributed by atoms with Crippen LogP contribution in [0.4, 0.5) is 0 Å². The number of carbonyl (C=O) groups is 1. The molecule has 0 saturated heterocycles. The van der Waals surface area contributed by atoms with Crippen LogP contribution in [0.3, 0.4) is 0 Å². The summed E-state index contributed by atoms with van der Waals surface area (Å²) in [5, 5.41) is 0. The van der Waals surface area contributed by atoms with Gasteiger partial charge in [-0.15, -0.1) is 0 Å². The number of cyclic esters (lactones) is 1. The van der Waals surface area contributed by atoms with Crippen molar-refractivity contribution in [2.24, 2.45) is 4.99 Å². The molecule has 0 bridgehead atoms. The van der Waals surface area contributed by atoms with E-state index in [4.69, 9.17) is 18.9 Å². The lowest BCUT2D eigenvalue weighted by Gasteiger charge is -2.12. The standard InChI is InChI=1S/C22H23NO5/c1-14-7-5-6-8-15(14)9-10-21-23-17(22(24)28-21)11-16-12-19(26-3)20(27-4)13-18(16)25-2/h5-8,11-13H,9-10H2,1-4H3/b17-11-. The Kier molecular flexibility index (Phi) is 5.99. The third kappa shape index (κ3) is 4.17. The summed E-state index contributed by atoms with van der Waals surface area (Å²) < 4.78 is 21.3. The largest absolute Gasteiger partial charge is 0.496 e. The zero-order chi connectivity index (χ0) is 20.1. The summed E-state index contributed by atoms with van der Waals surface area (Å²) >= 11 is 0. The van der Waals surface area contributed by atoms with Gasteiger partial charge in [-0.1, -0.05) is 24.3 Å². The predicted molar refractivity (Wildman–Crippen MR) is 107 cm³/mol. The van der Waals surface area contributed by atoms with Crippen LogP contribution in [-0.2, 0) is 16.0 Å². The van der Waals surface area contributed by atoms with Gasteiger partial charge in [0.2, 0.25) is 0 Å². The van der Waals surface area contributed by atoms with Crippen LogP contribution in [0.15, 0.2) is 47.1 Å². The summed E-state index contributed by atoms with van der Waals surface area (Å²) in [7, 11) is 4.65. The highest BCUT2D eigenvalue weighted by molar-refractivity contribution is 6.07. The van der Waals surface area contributed by atoms with E-state index in [2.05, 4.69) is 24.0 Å². The van der Waals surface area contributed by atoms with Gasteiger partial charge in [0.25, 0.3) is 0 Å². The van der Waals surface area contributed by atoms with Crippen molar-refractivity contribution in [1.82, 2.24) is 0 Å². The third-order valence-corrected chi connectivity index (χ3v) is 4.56. The normalized spacial score (nSPS) is 14.6. The molecule has 28 heavy (non-hydrogen) atoms. The fourth-order valence-corrected chi connectivity index (χ4v) is 3.01. The number of hydrogen-bond acceptors (Lipinski definition) is 6. The summed E-state index contributed by atoms with van der Waals surface area (Å²) in [6.07, 6.45) is 2.94. The first-order chi connectivity index (χ1) is 13.5. The van der Waals surface area contributed by atoms with Crippen LogP contribution >= 0.6 is 0 Å². The second kappa shape index (κ2) is 8.61. The highest BCUT2D eigenvalue weighted by atomic mass is 16.6. The Balaban J connectivity index is 1.84. The smallest absolute Gasteiger partial charge is 0.363 e. The molecule has 0 N–H and O–H groups in total. The maximum absolute atomic E-state index is 12.2. The molecule has 1 heterocycles. The number of ether oxygens (including phenoxy) is 4. The van der Waals surface area contributed by atoms with E-state index >= 15 is 0 Å². The maximum Gasteiger partial charge on any atom is 0.363 e. The second-order valence-corrected chi connectivity index (χ2v) is 6.30. The minimum absolute atomic E-state index is 0.227. The number of methoxy groups -OCH3 is 3. The van der Waals surface area contributed by atoms with E-state index in [0.29, 0.717) is 35.1 Å². The number of hydrogen-bond donors (Lipinski definition) is 0. The van der Waals surface area contributed by atoms with E-state index in [-0.39, 0.29) is 5.70 Å². The van der Waals surface area contributed by atoms with Crippen LogP contribution in [0.5, 0.6) is 17.2 Å². The van der Waals surface area contributed by atoms with E-state index in [1.165, 1.54) is 11.1 Å². The van der Waals surface area contributed by atoms with Crippen molar-refractivity contribution < 1.29 is 23.7 Å². The van der Waals surface area contributed by atoms with Crippen LogP contribution in [-0.4, -0.2) is 33.2 Å². The molecular formula is C22H23NO5. The van der Waals surface area contributed by atoms with Gasteiger partial charge in [-0.2, -0.15) is 0 Å². The van der Waals surface area contributed by atoms with E-state index in [0.717, 1.165) is 6.42 Å². The van der Waals surface area contributed by atoms with Gasteiger partial charge in [-0.05, 0) is 36.6 Å². The molecule has 2 aromatic rings.